The number of ketones is 2. The number of nitrogens with zero attached hydrogens (tertiary/aromatic N) is 8. The molecule has 0 fully saturated rings. The third kappa shape index (κ3) is 19.9. The first-order valence-electron chi connectivity index (χ1n) is 42.0. The topological polar surface area (TPSA) is 263 Å². The predicted molar refractivity (Wildman–Crippen MR) is 477 cm³/mol. The van der Waals surface area contributed by atoms with E-state index in [0.717, 1.165) is 80.9 Å². The zero-order valence-electron chi connectivity index (χ0n) is 74.0. The van der Waals surface area contributed by atoms with E-state index in [1.165, 1.54) is 144 Å². The maximum Gasteiger partial charge on any atom is 0.428 e. The number of anilines is 1. The fourth-order valence-corrected chi connectivity index (χ4v) is 15.8. The molecule has 6 N–H and O–H groups in total. The van der Waals surface area contributed by atoms with Crippen LogP contribution in [0.2, 0.25) is 0 Å². The van der Waals surface area contributed by atoms with E-state index in [0.29, 0.717) is 23.3 Å². The van der Waals surface area contributed by atoms with Crippen LogP contribution in [-0.2, 0) is 61.9 Å². The second-order valence-electron chi connectivity index (χ2n) is 32.2. The number of aromatic nitrogens is 8. The van der Waals surface area contributed by atoms with Crippen molar-refractivity contribution in [1.82, 2.24) is 43.5 Å². The van der Waals surface area contributed by atoms with Crippen LogP contribution in [0, 0.1) is 38.3 Å². The van der Waals surface area contributed by atoms with Gasteiger partial charge in [-0.1, -0.05) is 171 Å². The van der Waals surface area contributed by atoms with E-state index in [9.17, 15) is 101 Å². The number of ether oxygens (including phenoxy) is 2. The van der Waals surface area contributed by atoms with Gasteiger partial charge in [0.1, 0.15) is 34.2 Å². The molecule has 0 radical (unpaired) electrons. The summed E-state index contributed by atoms with van der Waals surface area (Å²) in [6.45, 7) is 15.2. The van der Waals surface area contributed by atoms with Crippen molar-refractivity contribution in [1.29, 1.82) is 0 Å². The van der Waals surface area contributed by atoms with Crippen LogP contribution < -0.4 is 20.1 Å². The van der Waals surface area contributed by atoms with Gasteiger partial charge >= 0.3 is 24.7 Å². The van der Waals surface area contributed by atoms with E-state index in [1.807, 2.05) is 89.2 Å². The van der Waals surface area contributed by atoms with Crippen LogP contribution in [0.4, 0.5) is 67.2 Å². The maximum absolute atomic E-state index is 14.4. The Labute approximate surface area is 759 Å². The molecule has 15 aromatic rings. The van der Waals surface area contributed by atoms with Crippen LogP contribution in [0.1, 0.15) is 149 Å². The number of fused-ring (bicyclic) bond motifs is 4. The number of amides is 2. The SMILES string of the molecule is CCn1c(C(O)(c2ccc(F)cc2)C(F)(F)F)nc2cc(C(=O)NCC(C)C)ccc21.CCn1c(C(O)(c2ccc(F)cc2)C(F)(F)F)nc2cc(C(=O)Nc3cccc(C)c3)ccc21.CCn1c(C(O)(c2ccccc2)C(F)(F)F)nc2cc(C(=O)Cc3cccc(C)c3)cc(OC)c21.COc1cc(C(=O)Cc2cccc(C)c2)cc2nc(C(O)(c3ccccc3)C(F)(F)F)n(C)c12. The Kier molecular flexibility index (Phi) is 29.2. The highest BCUT2D eigenvalue weighted by Crippen LogP contribution is 2.50. The van der Waals surface area contributed by atoms with Crippen LogP contribution >= 0.6 is 0 Å². The van der Waals surface area contributed by atoms with Crippen molar-refractivity contribution in [3.63, 3.8) is 0 Å². The number of aliphatic hydroxyl groups is 4. The summed E-state index contributed by atoms with van der Waals surface area (Å²) in [4.78, 5) is 67.7. The van der Waals surface area contributed by atoms with Crippen molar-refractivity contribution in [3.8, 4) is 11.5 Å². The summed E-state index contributed by atoms with van der Waals surface area (Å²) in [7, 11) is 4.12. The number of methoxy groups -OCH3 is 2. The van der Waals surface area contributed by atoms with Gasteiger partial charge in [-0.25, -0.2) is 28.7 Å². The molecule has 4 heterocycles. The molecule has 0 aliphatic carbocycles. The minimum absolute atomic E-state index is 0.0697. The van der Waals surface area contributed by atoms with Gasteiger partial charge in [-0.3, -0.25) is 19.2 Å². The average Bonchev–Trinajstić information content (AvgIpc) is 1.57. The van der Waals surface area contributed by atoms with E-state index < -0.39 is 99.1 Å². The molecule has 4 atom stereocenters. The Morgan fingerprint density at radius 1 is 0.381 bits per heavy atom. The lowest BCUT2D eigenvalue weighted by Crippen LogP contribution is -2.45. The normalized spacial score (nSPS) is 13.7. The third-order valence-corrected chi connectivity index (χ3v) is 22.5. The Morgan fingerprint density at radius 3 is 1.10 bits per heavy atom. The number of halogens is 14. The lowest BCUT2D eigenvalue weighted by molar-refractivity contribution is -0.252. The van der Waals surface area contributed by atoms with Crippen LogP contribution in [0.15, 0.2) is 243 Å². The molecule has 4 aromatic heterocycles. The van der Waals surface area contributed by atoms with Gasteiger partial charge in [-0.15, -0.1) is 0 Å². The van der Waals surface area contributed by atoms with Crippen LogP contribution in [0.25, 0.3) is 44.1 Å². The van der Waals surface area contributed by atoms with Gasteiger partial charge in [0.15, 0.2) is 34.9 Å². The molecular formula is C100H92F14N10O10. The van der Waals surface area contributed by atoms with E-state index in [1.54, 1.807) is 51.1 Å². The summed E-state index contributed by atoms with van der Waals surface area (Å²) in [5.41, 5.74) is -7.70. The summed E-state index contributed by atoms with van der Waals surface area (Å²) in [6.07, 6.45) is -20.2. The molecule has 2 amide bonds. The first kappa shape index (κ1) is 99.1. The first-order valence-corrected chi connectivity index (χ1v) is 42.0. The molecule has 34 heteroatoms. The highest BCUT2D eigenvalue weighted by molar-refractivity contribution is 6.06. The fraction of sp³-hybridized carbons (Fsp3) is 0.260. The van der Waals surface area contributed by atoms with Gasteiger partial charge in [0, 0.05) is 96.3 Å². The smallest absolute Gasteiger partial charge is 0.428 e. The van der Waals surface area contributed by atoms with Gasteiger partial charge in [0.25, 0.3) is 11.8 Å². The number of imidazole rings is 4. The van der Waals surface area contributed by atoms with Crippen molar-refractivity contribution < 1.29 is 111 Å². The number of carbonyl (C=O) groups is 4. The Bertz CT molecular complexity index is 6820. The summed E-state index contributed by atoms with van der Waals surface area (Å²) in [5, 5.41) is 49.6. The molecule has 700 valence electrons. The summed E-state index contributed by atoms with van der Waals surface area (Å²) in [6, 6.07) is 57.4. The van der Waals surface area contributed by atoms with E-state index >= 15 is 0 Å². The lowest BCUT2D eigenvalue weighted by Gasteiger charge is -2.30. The largest absolute Gasteiger partial charge is 0.494 e. The molecule has 0 bridgehead atoms. The zero-order valence-corrected chi connectivity index (χ0v) is 74.0. The molecule has 0 saturated heterocycles. The quantitative estimate of drug-likeness (QED) is 0.0243. The molecular weight excluding hydrogens is 1770 g/mol. The Balaban J connectivity index is 0.000000161. The molecule has 0 spiro atoms. The number of Topliss-reactive ketones (excluding diaryl/α,β-unsaturated/α-hetero) is 2. The van der Waals surface area contributed by atoms with E-state index in [2.05, 4.69) is 30.6 Å². The highest BCUT2D eigenvalue weighted by atomic mass is 19.4. The Hall–Kier alpha value is -14.0. The molecule has 134 heavy (non-hydrogen) atoms. The van der Waals surface area contributed by atoms with Crippen molar-refractivity contribution in [2.24, 2.45) is 13.0 Å². The summed E-state index contributed by atoms with van der Waals surface area (Å²) < 4.78 is 214. The highest BCUT2D eigenvalue weighted by Gasteiger charge is 2.63. The summed E-state index contributed by atoms with van der Waals surface area (Å²) in [5.74, 6) is -4.64. The number of hydrogen-bond acceptors (Lipinski definition) is 14. The first-order chi connectivity index (χ1) is 63.2. The number of alkyl halides is 12. The van der Waals surface area contributed by atoms with Crippen molar-refractivity contribution >= 4 is 73.2 Å². The number of benzene rings is 11. The molecule has 4 unspecified atom stereocenters. The molecule has 11 aromatic carbocycles. The van der Waals surface area contributed by atoms with Crippen LogP contribution in [0.3, 0.4) is 0 Å². The number of nitrogens with one attached hydrogen (secondary N) is 2. The van der Waals surface area contributed by atoms with E-state index in [-0.39, 0.29) is 134 Å². The monoisotopic (exact) mass is 1860 g/mol. The molecule has 0 aliphatic rings. The molecule has 0 aliphatic heterocycles. The van der Waals surface area contributed by atoms with E-state index in [4.69, 9.17) is 9.47 Å². The minimum atomic E-state index is -5.15. The van der Waals surface area contributed by atoms with Crippen LogP contribution in [0.5, 0.6) is 11.5 Å². The van der Waals surface area contributed by atoms with Crippen molar-refractivity contribution in [2.75, 3.05) is 26.1 Å². The standard InChI is InChI=1S/C27H25F3N2O3.C26H23F3N2O3.C25H21F4N3O2.C22H23F4N3O2/c1-4-32-24-21(31-25(32)26(34,27(28,29)30)20-11-6-5-7-12-20)15-19(16-23(24)35-3)22(33)14-18-10-8-9-17(2)13-18;1-16-8-7-9-17(12-16)13-21(32)18-14-20-23(22(15-18)34-3)31(2)24(30-20)25(33,26(27,28)29)19-10-5-4-6-11-19;1-3-32-21-12-7-16(22(33)30-19-6-4-5-15(2)13-19)14-20(21)31-23(32)24(34,25(27,28)29)17-8-10-18(26)11-9-17;1-4-29-18-10-5-14(19(30)27-12-13(2)3)11-17(18)28-20(29)21(31,22(24,25)26)15-6-8-16(23)9-7-15/h5-13,15-16,34H,4,14H2,1-3H3;4-12,14-15,33H,13H2,1-3H3;4-14,34H,3H2,1-2H3,(H,30,33);5-11,13,31H,4,12H2,1-3H3,(H,27,30). The van der Waals surface area contributed by atoms with Gasteiger partial charge in [-0.2, -0.15) is 52.7 Å². The summed E-state index contributed by atoms with van der Waals surface area (Å²) >= 11 is 0. The van der Waals surface area contributed by atoms with Crippen molar-refractivity contribution in [2.45, 2.75) is 135 Å². The van der Waals surface area contributed by atoms with Crippen molar-refractivity contribution in [3.05, 3.63) is 350 Å². The predicted octanol–water partition coefficient (Wildman–Crippen LogP) is 20.6. The van der Waals surface area contributed by atoms with Crippen LogP contribution in [-0.4, -0.2) is 127 Å². The molecule has 20 nitrogen and oxygen atoms in total. The minimum Gasteiger partial charge on any atom is -0.494 e. The fourth-order valence-electron chi connectivity index (χ4n) is 15.8. The third-order valence-electron chi connectivity index (χ3n) is 22.5. The maximum atomic E-state index is 14.4. The van der Waals surface area contributed by atoms with Gasteiger partial charge in [-0.05, 0) is 161 Å². The second-order valence-corrected chi connectivity index (χ2v) is 32.2. The zero-order chi connectivity index (χ0) is 97.7. The lowest BCUT2D eigenvalue weighted by atomic mass is 9.92. The number of rotatable bonds is 24. The second kappa shape index (κ2) is 39.5. The number of aryl methyl sites for hydroxylation is 7. The van der Waals surface area contributed by atoms with Gasteiger partial charge < -0.3 is 58.8 Å². The van der Waals surface area contributed by atoms with Gasteiger partial charge in [0.2, 0.25) is 22.4 Å². The number of carbonyl (C=O) groups excluding carboxylic acids is 4. The van der Waals surface area contributed by atoms with Gasteiger partial charge in [0.05, 0.1) is 47.3 Å². The molecule has 15 rings (SSSR count). The average molecular weight is 1860 g/mol. The number of hydrogen-bond donors (Lipinski definition) is 6. The Morgan fingerprint density at radius 2 is 0.724 bits per heavy atom. The molecule has 0 saturated carbocycles.